The van der Waals surface area contributed by atoms with Gasteiger partial charge >= 0.3 is 33.6 Å². The lowest BCUT2D eigenvalue weighted by atomic mass is 10.0. The number of unbranched alkanes of at least 4 members (excludes halogenated alkanes) is 36. The molecule has 0 saturated carbocycles. The monoisotopic (exact) mass is 1600 g/mol. The SMILES string of the molecule is CC/C=C\C/C=C\C/C=C\C/C=C\C/C=C\CCCCCCCCCCCCCCCCCCCC(=O)OCC(O)COP(=O)(O)OCC(O)COP(=O)(O)OCC(COC(=O)CCCCCCCCC/C=C\C/C=C\C/C=C\C/C=C\CCCCC)OC(=O)CCCCCCCC/C=C\C/C=C\C/C=C\CCCCC. The molecule has 5 unspecified atom stereocenters. The van der Waals surface area contributed by atoms with E-state index in [-0.39, 0.29) is 19.3 Å². The number of carbonyl (C=O) groups excluding carboxylic acids is 3. The van der Waals surface area contributed by atoms with Crippen LogP contribution in [0, 0.1) is 0 Å². The summed E-state index contributed by atoms with van der Waals surface area (Å²) in [5, 5.41) is 20.7. The average Bonchev–Trinajstić information content (AvgIpc) is 0.900. The highest BCUT2D eigenvalue weighted by molar-refractivity contribution is 7.47. The van der Waals surface area contributed by atoms with E-state index in [1.54, 1.807) is 0 Å². The number of hydrogen-bond donors (Lipinski definition) is 4. The molecule has 0 spiro atoms. The third kappa shape index (κ3) is 86.1. The number of hydrogen-bond acceptors (Lipinski definition) is 14. The highest BCUT2D eigenvalue weighted by Crippen LogP contribution is 2.45. The Kier molecular flexibility index (Phi) is 81.3. The van der Waals surface area contributed by atoms with Crippen LogP contribution in [0.25, 0.3) is 0 Å². The van der Waals surface area contributed by atoms with E-state index in [9.17, 15) is 43.5 Å². The predicted molar refractivity (Wildman–Crippen MR) is 463 cm³/mol. The molecule has 0 fully saturated rings. The third-order valence-electron chi connectivity index (χ3n) is 18.5. The van der Waals surface area contributed by atoms with Gasteiger partial charge in [-0.05, 0) is 148 Å². The van der Waals surface area contributed by atoms with Crippen molar-refractivity contribution in [3.8, 4) is 0 Å². The number of phosphoric acid groups is 2. The van der Waals surface area contributed by atoms with Crippen molar-refractivity contribution >= 4 is 33.6 Å². The fourth-order valence-corrected chi connectivity index (χ4v) is 13.4. The van der Waals surface area contributed by atoms with Gasteiger partial charge in [0.25, 0.3) is 0 Å². The highest BCUT2D eigenvalue weighted by atomic mass is 31.2. The summed E-state index contributed by atoms with van der Waals surface area (Å²) in [7, 11) is -9.81. The molecule has 0 aromatic carbocycles. The number of aliphatic hydroxyl groups excluding tert-OH is 2. The van der Waals surface area contributed by atoms with Crippen molar-refractivity contribution in [3.05, 3.63) is 146 Å². The summed E-state index contributed by atoms with van der Waals surface area (Å²) in [6.07, 6.45) is 106. The minimum Gasteiger partial charge on any atom is -0.463 e. The van der Waals surface area contributed by atoms with Crippen molar-refractivity contribution in [2.24, 2.45) is 0 Å². The Morgan fingerprint density at radius 2 is 0.477 bits per heavy atom. The molecule has 5 atom stereocenters. The summed E-state index contributed by atoms with van der Waals surface area (Å²) in [6, 6.07) is 0. The fraction of sp³-hybridized carbons (Fsp3) is 0.710. The van der Waals surface area contributed by atoms with Crippen LogP contribution in [0.15, 0.2) is 146 Å². The van der Waals surface area contributed by atoms with Gasteiger partial charge in [0.15, 0.2) is 6.10 Å². The summed E-state index contributed by atoms with van der Waals surface area (Å²) in [5.41, 5.74) is 0. The lowest BCUT2D eigenvalue weighted by Crippen LogP contribution is -2.30. The van der Waals surface area contributed by atoms with Crippen molar-refractivity contribution < 1.29 is 75.8 Å². The van der Waals surface area contributed by atoms with Crippen LogP contribution in [0.2, 0.25) is 0 Å². The number of aliphatic hydroxyl groups is 2. The second-order valence-electron chi connectivity index (χ2n) is 29.3. The summed E-state index contributed by atoms with van der Waals surface area (Å²) in [5.74, 6) is -1.59. The van der Waals surface area contributed by atoms with Gasteiger partial charge in [0, 0.05) is 19.3 Å². The summed E-state index contributed by atoms with van der Waals surface area (Å²) in [4.78, 5) is 58.9. The van der Waals surface area contributed by atoms with Gasteiger partial charge in [-0.25, -0.2) is 9.13 Å². The van der Waals surface area contributed by atoms with Gasteiger partial charge in [0.05, 0.1) is 26.4 Å². The van der Waals surface area contributed by atoms with Crippen LogP contribution in [0.5, 0.6) is 0 Å². The van der Waals surface area contributed by atoms with E-state index in [1.807, 2.05) is 0 Å². The van der Waals surface area contributed by atoms with Crippen LogP contribution >= 0.6 is 15.6 Å². The number of allylic oxidation sites excluding steroid dienone is 24. The van der Waals surface area contributed by atoms with Gasteiger partial charge in [0.2, 0.25) is 0 Å². The van der Waals surface area contributed by atoms with E-state index in [2.05, 4.69) is 167 Å². The second kappa shape index (κ2) is 84.8. The molecule has 0 amide bonds. The number of esters is 3. The lowest BCUT2D eigenvalue weighted by Gasteiger charge is -2.21. The summed E-state index contributed by atoms with van der Waals surface area (Å²) in [6.45, 7) is 2.52. The Hall–Kier alpha value is -4.57. The van der Waals surface area contributed by atoms with E-state index >= 15 is 0 Å². The van der Waals surface area contributed by atoms with Crippen LogP contribution in [-0.2, 0) is 55.8 Å². The molecule has 0 aliphatic heterocycles. The molecule has 0 saturated heterocycles. The Morgan fingerprint density at radius 1 is 0.261 bits per heavy atom. The third-order valence-corrected chi connectivity index (χ3v) is 20.4. The molecule has 0 aromatic rings. The van der Waals surface area contributed by atoms with Crippen LogP contribution in [-0.4, -0.2) is 95.9 Å². The molecule has 18 heteroatoms. The summed E-state index contributed by atoms with van der Waals surface area (Å²) < 4.78 is 61.4. The number of rotatable bonds is 83. The smallest absolute Gasteiger partial charge is 0.463 e. The van der Waals surface area contributed by atoms with Crippen LogP contribution in [0.1, 0.15) is 367 Å². The van der Waals surface area contributed by atoms with Gasteiger partial charge in [-0.3, -0.25) is 32.5 Å². The molecule has 0 bridgehead atoms. The number of phosphoric ester groups is 2. The predicted octanol–water partition coefficient (Wildman–Crippen LogP) is 26.8. The maximum Gasteiger partial charge on any atom is 0.472 e. The van der Waals surface area contributed by atoms with Crippen LogP contribution in [0.4, 0.5) is 0 Å². The zero-order valence-corrected chi connectivity index (χ0v) is 71.9. The van der Waals surface area contributed by atoms with Gasteiger partial charge in [-0.2, -0.15) is 0 Å². The molecular weight excluding hydrogens is 1430 g/mol. The van der Waals surface area contributed by atoms with Gasteiger partial charge in [0.1, 0.15) is 25.4 Å². The second-order valence-corrected chi connectivity index (χ2v) is 32.2. The van der Waals surface area contributed by atoms with E-state index in [4.69, 9.17) is 32.3 Å². The molecule has 0 rings (SSSR count). The molecule has 0 aliphatic rings. The normalized spacial score (nSPS) is 14.5. The maximum atomic E-state index is 13.0. The van der Waals surface area contributed by atoms with Gasteiger partial charge < -0.3 is 34.2 Å². The molecule has 4 N–H and O–H groups in total. The van der Waals surface area contributed by atoms with Crippen molar-refractivity contribution in [2.45, 2.75) is 386 Å². The standard InChI is InChI=1S/C93H160O16P2/c1-4-7-10-13-16-19-22-25-28-31-34-36-38-39-40-41-42-43-44-45-46-47-49-51-53-55-58-61-64-67-70-73-76-79-91(96)103-82-88(94)83-105-110(99,100)106-84-89(95)85-107-111(101,102)108-87-90(109-93(98)81-78-75-72-69-66-63-60-57-52-33-30-27-24-21-18-15-12-9-6-3)86-104-92(97)80-77-74-71-68-65-62-59-56-54-50-48-37-35-32-29-26-23-20-17-14-11-8-5-2/h7,10,16-21,25-30,34-37,39-40,50,52,54,57,88-90,94-95H,4-6,8-9,11-15,22-24,31-33,38,41-49,51,53,55-56,58-87H2,1-3H3,(H,99,100)(H,101,102)/b10-7-,19-16-,20-17-,21-18-,28-25-,29-26-,30-27-,36-34-,37-35-,40-39-,54-50-,57-52-. The fourth-order valence-electron chi connectivity index (χ4n) is 11.8. The van der Waals surface area contributed by atoms with Crippen molar-refractivity contribution in [1.29, 1.82) is 0 Å². The Bertz CT molecular complexity index is 2600. The Labute approximate surface area is 677 Å². The van der Waals surface area contributed by atoms with E-state index < -0.39 is 91.5 Å². The first-order valence-corrected chi connectivity index (χ1v) is 47.1. The average molecular weight is 1600 g/mol. The first-order chi connectivity index (χ1) is 54.2. The minimum absolute atomic E-state index is 0.0849. The molecule has 0 aromatic heterocycles. The van der Waals surface area contributed by atoms with Gasteiger partial charge in [-0.15, -0.1) is 0 Å². The number of carbonyl (C=O) groups is 3. The molecule has 111 heavy (non-hydrogen) atoms. The van der Waals surface area contributed by atoms with Gasteiger partial charge in [-0.1, -0.05) is 346 Å². The molecule has 0 heterocycles. The highest BCUT2D eigenvalue weighted by Gasteiger charge is 2.29. The first-order valence-electron chi connectivity index (χ1n) is 44.1. The van der Waals surface area contributed by atoms with Crippen molar-refractivity contribution in [1.82, 2.24) is 0 Å². The molecule has 638 valence electrons. The molecule has 0 radical (unpaired) electrons. The number of ether oxygens (including phenoxy) is 3. The summed E-state index contributed by atoms with van der Waals surface area (Å²) >= 11 is 0. The largest absolute Gasteiger partial charge is 0.472 e. The van der Waals surface area contributed by atoms with Crippen molar-refractivity contribution in [3.63, 3.8) is 0 Å². The van der Waals surface area contributed by atoms with Crippen LogP contribution < -0.4 is 0 Å². The first kappa shape index (κ1) is 106. The van der Waals surface area contributed by atoms with E-state index in [0.29, 0.717) is 19.3 Å². The Morgan fingerprint density at radius 3 is 0.757 bits per heavy atom. The quantitative estimate of drug-likeness (QED) is 0.0146. The zero-order chi connectivity index (χ0) is 80.8. The van der Waals surface area contributed by atoms with Crippen molar-refractivity contribution in [2.75, 3.05) is 39.6 Å². The topological polar surface area (TPSA) is 231 Å². The molecular formula is C93H160O16P2. The van der Waals surface area contributed by atoms with Crippen LogP contribution in [0.3, 0.4) is 0 Å². The minimum atomic E-state index is -4.95. The Balaban J connectivity index is 4.54. The zero-order valence-electron chi connectivity index (χ0n) is 70.1. The lowest BCUT2D eigenvalue weighted by molar-refractivity contribution is -0.161. The maximum absolute atomic E-state index is 13.0. The molecule has 16 nitrogen and oxygen atoms in total. The molecule has 0 aliphatic carbocycles. The van der Waals surface area contributed by atoms with E-state index in [1.165, 1.54) is 135 Å². The van der Waals surface area contributed by atoms with E-state index in [0.717, 1.165) is 173 Å².